The van der Waals surface area contributed by atoms with Gasteiger partial charge in [-0.3, -0.25) is 19.7 Å². The average Bonchev–Trinajstić information content (AvgIpc) is 2.93. The van der Waals surface area contributed by atoms with E-state index < -0.39 is 28.6 Å². The SMILES string of the molecule is CC(=O)Nc1cc2c(cc1[N+](=O)[O-])[C@H](N1CCCC1=O)[C@@H](O)C(C)(C)O2. The largest absolute Gasteiger partial charge is 0.485 e. The molecule has 0 aromatic heterocycles. The van der Waals surface area contributed by atoms with Crippen LogP contribution in [-0.4, -0.2) is 45.0 Å². The van der Waals surface area contributed by atoms with Gasteiger partial charge in [0, 0.05) is 37.6 Å². The lowest BCUT2D eigenvalue weighted by Crippen LogP contribution is -2.53. The minimum absolute atomic E-state index is 0.0138. The van der Waals surface area contributed by atoms with E-state index in [4.69, 9.17) is 4.74 Å². The Labute approximate surface area is 150 Å². The van der Waals surface area contributed by atoms with Crippen LogP contribution < -0.4 is 10.1 Å². The van der Waals surface area contributed by atoms with Gasteiger partial charge in [0.15, 0.2) is 0 Å². The molecule has 0 spiro atoms. The maximum absolute atomic E-state index is 12.3. The molecule has 2 atom stereocenters. The summed E-state index contributed by atoms with van der Waals surface area (Å²) >= 11 is 0. The van der Waals surface area contributed by atoms with E-state index in [9.17, 15) is 24.8 Å². The lowest BCUT2D eigenvalue weighted by molar-refractivity contribution is -0.384. The van der Waals surface area contributed by atoms with Crippen molar-refractivity contribution in [3.8, 4) is 5.75 Å². The number of amides is 2. The second kappa shape index (κ2) is 6.24. The fourth-order valence-electron chi connectivity index (χ4n) is 3.54. The number of nitro benzene ring substituents is 1. The van der Waals surface area contributed by atoms with E-state index in [0.717, 1.165) is 0 Å². The molecule has 26 heavy (non-hydrogen) atoms. The van der Waals surface area contributed by atoms with Crippen molar-refractivity contribution in [3.05, 3.63) is 27.8 Å². The van der Waals surface area contributed by atoms with E-state index in [0.29, 0.717) is 30.7 Å². The molecule has 0 aliphatic carbocycles. The van der Waals surface area contributed by atoms with Crippen molar-refractivity contribution >= 4 is 23.2 Å². The highest BCUT2D eigenvalue weighted by molar-refractivity contribution is 5.92. The molecular weight excluding hydrogens is 342 g/mol. The topological polar surface area (TPSA) is 122 Å². The Morgan fingerprint density at radius 2 is 2.15 bits per heavy atom. The highest BCUT2D eigenvalue weighted by Gasteiger charge is 2.48. The van der Waals surface area contributed by atoms with Crippen LogP contribution >= 0.6 is 0 Å². The fourth-order valence-corrected chi connectivity index (χ4v) is 3.54. The van der Waals surface area contributed by atoms with E-state index in [1.165, 1.54) is 19.1 Å². The molecule has 2 aliphatic heterocycles. The summed E-state index contributed by atoms with van der Waals surface area (Å²) in [7, 11) is 0. The molecule has 1 fully saturated rings. The Morgan fingerprint density at radius 3 is 2.69 bits per heavy atom. The first-order chi connectivity index (χ1) is 12.1. The third kappa shape index (κ3) is 2.98. The van der Waals surface area contributed by atoms with E-state index in [1.54, 1.807) is 18.7 Å². The van der Waals surface area contributed by atoms with Gasteiger partial charge in [-0.25, -0.2) is 0 Å². The maximum atomic E-state index is 12.3. The van der Waals surface area contributed by atoms with Gasteiger partial charge in [-0.2, -0.15) is 0 Å². The first kappa shape index (κ1) is 18.1. The van der Waals surface area contributed by atoms with Crippen LogP contribution in [0.3, 0.4) is 0 Å². The molecule has 2 N–H and O–H groups in total. The van der Waals surface area contributed by atoms with E-state index in [-0.39, 0.29) is 17.3 Å². The van der Waals surface area contributed by atoms with Crippen LogP contribution in [0.4, 0.5) is 11.4 Å². The summed E-state index contributed by atoms with van der Waals surface area (Å²) in [6.45, 7) is 5.10. The number of nitrogens with one attached hydrogen (secondary N) is 1. The Hall–Kier alpha value is -2.68. The van der Waals surface area contributed by atoms with Crippen LogP contribution in [0.15, 0.2) is 12.1 Å². The standard InChI is InChI=1S/C17H21N3O6/c1-9(21)18-11-8-13-10(7-12(11)20(24)25)15(16(23)17(2,3)26-13)19-6-4-5-14(19)22/h7-8,15-16,23H,4-6H2,1-3H3,(H,18,21)/t15-,16+/m0/s1. The number of hydrogen-bond acceptors (Lipinski definition) is 6. The summed E-state index contributed by atoms with van der Waals surface area (Å²) in [5.41, 5.74) is -0.941. The molecule has 0 bridgehead atoms. The van der Waals surface area contributed by atoms with E-state index >= 15 is 0 Å². The summed E-state index contributed by atoms with van der Waals surface area (Å²) in [5, 5.41) is 24.7. The minimum atomic E-state index is -1.05. The second-order valence-corrected chi connectivity index (χ2v) is 7.13. The predicted molar refractivity (Wildman–Crippen MR) is 91.8 cm³/mol. The van der Waals surface area contributed by atoms with Gasteiger partial charge in [-0.05, 0) is 20.3 Å². The molecular formula is C17H21N3O6. The molecule has 0 saturated carbocycles. The van der Waals surface area contributed by atoms with Gasteiger partial charge in [-0.1, -0.05) is 0 Å². The van der Waals surface area contributed by atoms with Crippen molar-refractivity contribution in [1.82, 2.24) is 4.90 Å². The number of nitrogens with zero attached hydrogens (tertiary/aromatic N) is 2. The van der Waals surface area contributed by atoms with Gasteiger partial charge in [-0.15, -0.1) is 0 Å². The number of aliphatic hydroxyl groups is 1. The summed E-state index contributed by atoms with van der Waals surface area (Å²) in [6, 6.07) is 1.92. The zero-order valence-electron chi connectivity index (χ0n) is 14.8. The molecule has 1 aromatic rings. The monoisotopic (exact) mass is 363 g/mol. The van der Waals surface area contributed by atoms with E-state index in [1.807, 2.05) is 0 Å². The number of rotatable bonds is 3. The van der Waals surface area contributed by atoms with Crippen molar-refractivity contribution in [3.63, 3.8) is 0 Å². The van der Waals surface area contributed by atoms with Crippen LogP contribution in [0.1, 0.15) is 45.2 Å². The maximum Gasteiger partial charge on any atom is 0.293 e. The van der Waals surface area contributed by atoms with Gasteiger partial charge < -0.3 is 20.1 Å². The molecule has 9 nitrogen and oxygen atoms in total. The van der Waals surface area contributed by atoms with Gasteiger partial charge >= 0.3 is 0 Å². The Balaban J connectivity index is 2.18. The number of ether oxygens (including phenoxy) is 1. The summed E-state index contributed by atoms with van der Waals surface area (Å²) in [6.07, 6.45) is -0.000296. The molecule has 2 aliphatic rings. The average molecular weight is 363 g/mol. The number of anilines is 1. The van der Waals surface area contributed by atoms with Gasteiger partial charge in [0.2, 0.25) is 11.8 Å². The molecule has 1 aromatic carbocycles. The molecule has 2 heterocycles. The normalized spacial score (nSPS) is 24.0. The third-order valence-corrected chi connectivity index (χ3v) is 4.78. The highest BCUT2D eigenvalue weighted by Crippen LogP contribution is 2.47. The van der Waals surface area contributed by atoms with Crippen molar-refractivity contribution < 1.29 is 24.4 Å². The second-order valence-electron chi connectivity index (χ2n) is 7.13. The van der Waals surface area contributed by atoms with Gasteiger partial charge in [0.1, 0.15) is 23.1 Å². The molecule has 0 radical (unpaired) electrons. The quantitative estimate of drug-likeness (QED) is 0.623. The van der Waals surface area contributed by atoms with Gasteiger partial charge in [0.05, 0.1) is 11.0 Å². The lowest BCUT2D eigenvalue weighted by Gasteiger charge is -2.45. The molecule has 9 heteroatoms. The third-order valence-electron chi connectivity index (χ3n) is 4.78. The van der Waals surface area contributed by atoms with Crippen molar-refractivity contribution in [2.45, 2.75) is 51.4 Å². The number of carbonyl (C=O) groups excluding carboxylic acids is 2. The van der Waals surface area contributed by atoms with Crippen molar-refractivity contribution in [1.29, 1.82) is 0 Å². The van der Waals surface area contributed by atoms with Crippen LogP contribution in [0.2, 0.25) is 0 Å². The van der Waals surface area contributed by atoms with Crippen LogP contribution in [0, 0.1) is 10.1 Å². The zero-order valence-corrected chi connectivity index (χ0v) is 14.8. The molecule has 140 valence electrons. The number of fused-ring (bicyclic) bond motifs is 1. The number of carbonyl (C=O) groups is 2. The number of aliphatic hydroxyl groups excluding tert-OH is 1. The predicted octanol–water partition coefficient (Wildman–Crippen LogP) is 1.75. The Kier molecular flexibility index (Phi) is 4.35. The first-order valence-corrected chi connectivity index (χ1v) is 8.38. The van der Waals surface area contributed by atoms with Crippen molar-refractivity contribution in [2.24, 2.45) is 0 Å². The summed E-state index contributed by atoms with van der Waals surface area (Å²) in [4.78, 5) is 36.0. The highest BCUT2D eigenvalue weighted by atomic mass is 16.6. The smallest absolute Gasteiger partial charge is 0.293 e. The van der Waals surface area contributed by atoms with Gasteiger partial charge in [0.25, 0.3) is 5.69 Å². The Bertz CT molecular complexity index is 791. The number of hydrogen-bond donors (Lipinski definition) is 2. The lowest BCUT2D eigenvalue weighted by atomic mass is 9.85. The number of likely N-dealkylation sites (tertiary alicyclic amines) is 1. The van der Waals surface area contributed by atoms with Crippen LogP contribution in [-0.2, 0) is 9.59 Å². The summed E-state index contributed by atoms with van der Waals surface area (Å²) in [5.74, 6) is -0.250. The Morgan fingerprint density at radius 1 is 1.46 bits per heavy atom. The molecule has 2 amide bonds. The zero-order chi connectivity index (χ0) is 19.2. The van der Waals surface area contributed by atoms with Crippen LogP contribution in [0.25, 0.3) is 0 Å². The first-order valence-electron chi connectivity index (χ1n) is 8.38. The fraction of sp³-hybridized carbons (Fsp3) is 0.529. The molecule has 0 unspecified atom stereocenters. The van der Waals surface area contributed by atoms with Crippen LogP contribution in [0.5, 0.6) is 5.75 Å². The number of benzene rings is 1. The molecule has 3 rings (SSSR count). The number of nitro groups is 1. The minimum Gasteiger partial charge on any atom is -0.485 e. The summed E-state index contributed by atoms with van der Waals surface area (Å²) < 4.78 is 5.85. The van der Waals surface area contributed by atoms with Crippen molar-refractivity contribution in [2.75, 3.05) is 11.9 Å². The van der Waals surface area contributed by atoms with E-state index in [2.05, 4.69) is 5.32 Å². The molecule has 1 saturated heterocycles.